The summed E-state index contributed by atoms with van der Waals surface area (Å²) in [6.07, 6.45) is 0. The SMILES string of the molecule is COc1ccc(C(C)C(=O)NN(C)C)c(Cl)c1. The molecule has 1 unspecified atom stereocenters. The van der Waals surface area contributed by atoms with E-state index >= 15 is 0 Å². The lowest BCUT2D eigenvalue weighted by Gasteiger charge is -2.18. The minimum atomic E-state index is -0.309. The van der Waals surface area contributed by atoms with E-state index in [-0.39, 0.29) is 11.8 Å². The second-order valence-electron chi connectivity index (χ2n) is 3.98. The summed E-state index contributed by atoms with van der Waals surface area (Å²) < 4.78 is 5.06. The van der Waals surface area contributed by atoms with Gasteiger partial charge in [0.1, 0.15) is 5.75 Å². The van der Waals surface area contributed by atoms with Gasteiger partial charge in [-0.3, -0.25) is 10.2 Å². The van der Waals surface area contributed by atoms with E-state index in [9.17, 15) is 4.79 Å². The molecule has 0 aliphatic rings. The maximum atomic E-state index is 11.8. The van der Waals surface area contributed by atoms with Gasteiger partial charge in [-0.1, -0.05) is 17.7 Å². The second-order valence-corrected chi connectivity index (χ2v) is 4.39. The van der Waals surface area contributed by atoms with Gasteiger partial charge in [0.25, 0.3) is 0 Å². The quantitative estimate of drug-likeness (QED) is 0.839. The van der Waals surface area contributed by atoms with Gasteiger partial charge in [-0.05, 0) is 24.6 Å². The Morgan fingerprint density at radius 2 is 2.12 bits per heavy atom. The number of halogens is 1. The molecule has 17 heavy (non-hydrogen) atoms. The molecular formula is C12H17ClN2O2. The van der Waals surface area contributed by atoms with Crippen LogP contribution in [-0.4, -0.2) is 32.1 Å². The molecule has 1 aromatic carbocycles. The van der Waals surface area contributed by atoms with Gasteiger partial charge in [-0.15, -0.1) is 0 Å². The molecule has 5 heteroatoms. The Morgan fingerprint density at radius 3 is 2.59 bits per heavy atom. The van der Waals surface area contributed by atoms with Crippen LogP contribution in [0.5, 0.6) is 5.75 Å². The smallest absolute Gasteiger partial charge is 0.241 e. The van der Waals surface area contributed by atoms with Crippen molar-refractivity contribution in [3.8, 4) is 5.75 Å². The molecule has 0 fully saturated rings. The largest absolute Gasteiger partial charge is 0.497 e. The van der Waals surface area contributed by atoms with Crippen LogP contribution in [0.25, 0.3) is 0 Å². The molecule has 94 valence electrons. The van der Waals surface area contributed by atoms with Crippen LogP contribution in [0.3, 0.4) is 0 Å². The summed E-state index contributed by atoms with van der Waals surface area (Å²) in [6.45, 7) is 1.81. The molecule has 0 heterocycles. The van der Waals surface area contributed by atoms with Gasteiger partial charge in [0.15, 0.2) is 0 Å². The molecule has 0 saturated heterocycles. The number of hydrogen-bond acceptors (Lipinski definition) is 3. The first kappa shape index (κ1) is 13.8. The zero-order valence-corrected chi connectivity index (χ0v) is 11.2. The number of rotatable bonds is 4. The number of benzene rings is 1. The molecule has 4 nitrogen and oxygen atoms in total. The third-order valence-corrected chi connectivity index (χ3v) is 2.73. The Kier molecular flexibility index (Phi) is 4.78. The van der Waals surface area contributed by atoms with Gasteiger partial charge in [-0.2, -0.15) is 0 Å². The fraction of sp³-hybridized carbons (Fsp3) is 0.417. The number of amides is 1. The molecule has 0 spiro atoms. The highest BCUT2D eigenvalue weighted by Crippen LogP contribution is 2.28. The Bertz CT molecular complexity index is 407. The van der Waals surface area contributed by atoms with Crippen molar-refractivity contribution in [2.45, 2.75) is 12.8 Å². The number of nitrogens with one attached hydrogen (secondary N) is 1. The molecule has 0 saturated carbocycles. The fourth-order valence-electron chi connectivity index (χ4n) is 1.44. The molecule has 1 N–H and O–H groups in total. The van der Waals surface area contributed by atoms with E-state index in [0.29, 0.717) is 10.8 Å². The van der Waals surface area contributed by atoms with Crippen LogP contribution in [0.2, 0.25) is 5.02 Å². The van der Waals surface area contributed by atoms with Crippen molar-refractivity contribution in [3.63, 3.8) is 0 Å². The standard InChI is InChI=1S/C12H17ClN2O2/c1-8(12(16)14-15(2)3)10-6-5-9(17-4)7-11(10)13/h5-8H,1-4H3,(H,14,16). The van der Waals surface area contributed by atoms with Crippen LogP contribution in [0.1, 0.15) is 18.4 Å². The molecular weight excluding hydrogens is 240 g/mol. The summed E-state index contributed by atoms with van der Waals surface area (Å²) >= 11 is 6.11. The highest BCUT2D eigenvalue weighted by molar-refractivity contribution is 6.31. The van der Waals surface area contributed by atoms with Gasteiger partial charge in [-0.25, -0.2) is 5.01 Å². The summed E-state index contributed by atoms with van der Waals surface area (Å²) in [6, 6.07) is 5.30. The van der Waals surface area contributed by atoms with Crippen LogP contribution < -0.4 is 10.2 Å². The van der Waals surface area contributed by atoms with Gasteiger partial charge >= 0.3 is 0 Å². The van der Waals surface area contributed by atoms with Crippen LogP contribution in [0.15, 0.2) is 18.2 Å². The van der Waals surface area contributed by atoms with Crippen molar-refractivity contribution < 1.29 is 9.53 Å². The molecule has 0 radical (unpaired) electrons. The first-order valence-corrected chi connectivity index (χ1v) is 5.64. The first-order valence-electron chi connectivity index (χ1n) is 5.27. The number of carbonyl (C=O) groups is 1. The van der Waals surface area contributed by atoms with Crippen molar-refractivity contribution in [3.05, 3.63) is 28.8 Å². The zero-order valence-electron chi connectivity index (χ0n) is 10.5. The van der Waals surface area contributed by atoms with E-state index in [2.05, 4.69) is 5.43 Å². The predicted molar refractivity (Wildman–Crippen MR) is 68.2 cm³/mol. The van der Waals surface area contributed by atoms with Crippen molar-refractivity contribution in [1.29, 1.82) is 0 Å². The molecule has 0 aliphatic heterocycles. The van der Waals surface area contributed by atoms with Crippen molar-refractivity contribution in [2.75, 3.05) is 21.2 Å². The summed E-state index contributed by atoms with van der Waals surface area (Å²) in [5.41, 5.74) is 3.49. The lowest BCUT2D eigenvalue weighted by atomic mass is 10.0. The second kappa shape index (κ2) is 5.89. The number of nitrogens with zero attached hydrogens (tertiary/aromatic N) is 1. The summed E-state index contributed by atoms with van der Waals surface area (Å²) in [4.78, 5) is 11.8. The summed E-state index contributed by atoms with van der Waals surface area (Å²) in [5, 5.41) is 2.14. The van der Waals surface area contributed by atoms with Crippen LogP contribution >= 0.6 is 11.6 Å². The Labute approximate surface area is 106 Å². The lowest BCUT2D eigenvalue weighted by Crippen LogP contribution is -2.38. The van der Waals surface area contributed by atoms with Crippen LogP contribution in [-0.2, 0) is 4.79 Å². The van der Waals surface area contributed by atoms with E-state index < -0.39 is 0 Å². The van der Waals surface area contributed by atoms with Crippen LogP contribution in [0.4, 0.5) is 0 Å². The predicted octanol–water partition coefficient (Wildman–Crippen LogP) is 2.04. The molecule has 0 aliphatic carbocycles. The third kappa shape index (κ3) is 3.61. The summed E-state index contributed by atoms with van der Waals surface area (Å²) in [7, 11) is 5.11. The number of hydrazine groups is 1. The average Bonchev–Trinajstić information content (AvgIpc) is 2.27. The monoisotopic (exact) mass is 256 g/mol. The van der Waals surface area contributed by atoms with E-state index in [1.165, 1.54) is 0 Å². The Hall–Kier alpha value is -1.26. The normalized spacial score (nSPS) is 12.4. The van der Waals surface area contributed by atoms with E-state index in [0.717, 1.165) is 5.56 Å². The number of ether oxygens (including phenoxy) is 1. The molecule has 0 aromatic heterocycles. The first-order chi connectivity index (χ1) is 7.95. The minimum absolute atomic E-state index is 0.0953. The molecule has 1 amide bonds. The van der Waals surface area contributed by atoms with Crippen molar-refractivity contribution in [2.24, 2.45) is 0 Å². The Balaban J connectivity index is 2.88. The van der Waals surface area contributed by atoms with Crippen molar-refractivity contribution in [1.82, 2.24) is 10.4 Å². The molecule has 1 atom stereocenters. The number of carbonyl (C=O) groups excluding carboxylic acids is 1. The molecule has 1 aromatic rings. The highest BCUT2D eigenvalue weighted by Gasteiger charge is 2.18. The lowest BCUT2D eigenvalue weighted by molar-refractivity contribution is -0.125. The van der Waals surface area contributed by atoms with E-state index in [4.69, 9.17) is 16.3 Å². The average molecular weight is 257 g/mol. The van der Waals surface area contributed by atoms with Gasteiger partial charge < -0.3 is 4.74 Å². The number of hydrogen-bond donors (Lipinski definition) is 1. The van der Waals surface area contributed by atoms with E-state index in [1.807, 2.05) is 6.92 Å². The van der Waals surface area contributed by atoms with Crippen LogP contribution in [0, 0.1) is 0 Å². The van der Waals surface area contributed by atoms with E-state index in [1.54, 1.807) is 44.4 Å². The Morgan fingerprint density at radius 1 is 1.47 bits per heavy atom. The topological polar surface area (TPSA) is 41.6 Å². The zero-order chi connectivity index (χ0) is 13.0. The van der Waals surface area contributed by atoms with Gasteiger partial charge in [0.05, 0.1) is 13.0 Å². The van der Waals surface area contributed by atoms with Gasteiger partial charge in [0.2, 0.25) is 5.91 Å². The maximum absolute atomic E-state index is 11.8. The summed E-state index contributed by atoms with van der Waals surface area (Å²) in [5.74, 6) is 0.275. The van der Waals surface area contributed by atoms with Crippen molar-refractivity contribution >= 4 is 17.5 Å². The molecule has 0 bridgehead atoms. The third-order valence-electron chi connectivity index (χ3n) is 2.40. The highest BCUT2D eigenvalue weighted by atomic mass is 35.5. The maximum Gasteiger partial charge on any atom is 0.241 e. The van der Waals surface area contributed by atoms with Gasteiger partial charge in [0, 0.05) is 19.1 Å². The number of methoxy groups -OCH3 is 1. The fourth-order valence-corrected chi connectivity index (χ4v) is 1.78. The molecule has 1 rings (SSSR count). The minimum Gasteiger partial charge on any atom is -0.497 e.